The zero-order chi connectivity index (χ0) is 31.3. The Bertz CT molecular complexity index is 1790. The van der Waals surface area contributed by atoms with Crippen molar-refractivity contribution in [2.75, 3.05) is 38.1 Å². The number of likely N-dealkylation sites (tertiary alicyclic amines) is 1. The fourth-order valence-corrected chi connectivity index (χ4v) is 5.91. The van der Waals surface area contributed by atoms with Gasteiger partial charge >= 0.3 is 0 Å². The average molecular weight is 626 g/mol. The van der Waals surface area contributed by atoms with E-state index in [0.29, 0.717) is 40.9 Å². The number of halogens is 1. The maximum absolute atomic E-state index is 13.1. The molecule has 10 nitrogen and oxygen atoms in total. The summed E-state index contributed by atoms with van der Waals surface area (Å²) in [6, 6.07) is 13.3. The molecule has 6 rings (SSSR count). The average Bonchev–Trinajstić information content (AvgIpc) is 3.71. The van der Waals surface area contributed by atoms with Gasteiger partial charge in [-0.25, -0.2) is 9.97 Å². The van der Waals surface area contributed by atoms with Crippen molar-refractivity contribution in [1.29, 1.82) is 0 Å². The molecule has 1 aliphatic heterocycles. The Balaban J connectivity index is 1.24. The molecule has 0 unspecified atom stereocenters. The number of anilines is 2. The number of rotatable bonds is 11. The molecule has 232 valence electrons. The fourth-order valence-electron chi connectivity index (χ4n) is 5.61. The number of carbonyl (C=O) groups is 1. The lowest BCUT2D eigenvalue weighted by molar-refractivity contribution is 0.0948. The Morgan fingerprint density at radius 3 is 2.64 bits per heavy atom. The number of hydrogen-bond donors (Lipinski definition) is 3. The van der Waals surface area contributed by atoms with E-state index >= 15 is 0 Å². The molecule has 2 aromatic carbocycles. The van der Waals surface area contributed by atoms with Crippen molar-refractivity contribution in [3.8, 4) is 17.2 Å². The molecule has 11 heteroatoms. The Morgan fingerprint density at radius 2 is 1.89 bits per heavy atom. The summed E-state index contributed by atoms with van der Waals surface area (Å²) >= 11 is 6.66. The van der Waals surface area contributed by atoms with Gasteiger partial charge in [0.2, 0.25) is 0 Å². The highest BCUT2D eigenvalue weighted by Crippen LogP contribution is 2.36. The first-order chi connectivity index (χ1) is 21.9. The van der Waals surface area contributed by atoms with Crippen LogP contribution in [0.1, 0.15) is 40.0 Å². The molecule has 3 N–H and O–H groups in total. The highest BCUT2D eigenvalue weighted by atomic mass is 35.5. The van der Waals surface area contributed by atoms with Gasteiger partial charge in [-0.15, -0.1) is 0 Å². The number of benzene rings is 2. The van der Waals surface area contributed by atoms with Crippen LogP contribution in [-0.4, -0.2) is 68.2 Å². The first-order valence-electron chi connectivity index (χ1n) is 15.1. The SMILES string of the molecule is Cc1ccc(Oc2c(C)cc(Nc3ncnc4ccc(-n5cc(CCO)c(C(=O)NCCN6CCCC6)c5)cc34)cc2Cl)cn1. The number of pyridine rings is 1. The Morgan fingerprint density at radius 1 is 1.04 bits per heavy atom. The van der Waals surface area contributed by atoms with Crippen molar-refractivity contribution in [3.05, 3.63) is 94.8 Å². The van der Waals surface area contributed by atoms with Gasteiger partial charge in [-0.1, -0.05) is 11.6 Å². The molecule has 0 aliphatic carbocycles. The number of nitrogens with one attached hydrogen (secondary N) is 2. The summed E-state index contributed by atoms with van der Waals surface area (Å²) in [6.45, 7) is 7.40. The highest BCUT2D eigenvalue weighted by molar-refractivity contribution is 6.32. The van der Waals surface area contributed by atoms with E-state index < -0.39 is 0 Å². The first kappa shape index (κ1) is 30.5. The molecule has 1 saturated heterocycles. The van der Waals surface area contributed by atoms with Crippen LogP contribution in [0.4, 0.5) is 11.5 Å². The minimum atomic E-state index is -0.138. The Hall–Kier alpha value is -4.51. The number of amides is 1. The van der Waals surface area contributed by atoms with Crippen molar-refractivity contribution >= 4 is 39.9 Å². The second-order valence-corrected chi connectivity index (χ2v) is 11.7. The van der Waals surface area contributed by atoms with Gasteiger partial charge < -0.3 is 29.9 Å². The van der Waals surface area contributed by atoms with E-state index in [1.54, 1.807) is 12.3 Å². The zero-order valence-electron chi connectivity index (χ0n) is 25.4. The molecule has 0 spiro atoms. The molecule has 1 fully saturated rings. The lowest BCUT2D eigenvalue weighted by atomic mass is 10.1. The van der Waals surface area contributed by atoms with Gasteiger partial charge in [0.25, 0.3) is 5.91 Å². The minimum absolute atomic E-state index is 0.0502. The number of ether oxygens (including phenoxy) is 1. The number of aromatic nitrogens is 4. The number of aliphatic hydroxyl groups is 1. The summed E-state index contributed by atoms with van der Waals surface area (Å²) in [5.41, 5.74) is 5.43. The van der Waals surface area contributed by atoms with E-state index in [0.717, 1.165) is 58.7 Å². The zero-order valence-corrected chi connectivity index (χ0v) is 26.1. The van der Waals surface area contributed by atoms with Gasteiger partial charge in [0.05, 0.1) is 22.3 Å². The first-order valence-corrected chi connectivity index (χ1v) is 15.5. The Kier molecular flexibility index (Phi) is 9.25. The van der Waals surface area contributed by atoms with Crippen molar-refractivity contribution in [3.63, 3.8) is 0 Å². The van der Waals surface area contributed by atoms with Crippen LogP contribution in [0.5, 0.6) is 11.5 Å². The van der Waals surface area contributed by atoms with E-state index in [9.17, 15) is 9.90 Å². The molecule has 5 aromatic rings. The largest absolute Gasteiger partial charge is 0.454 e. The van der Waals surface area contributed by atoms with E-state index in [2.05, 4.69) is 30.5 Å². The molecular weight excluding hydrogens is 590 g/mol. The molecule has 4 heterocycles. The Labute approximate surface area is 267 Å². The minimum Gasteiger partial charge on any atom is -0.454 e. The van der Waals surface area contributed by atoms with E-state index in [1.807, 2.05) is 67.2 Å². The maximum Gasteiger partial charge on any atom is 0.253 e. The lowest BCUT2D eigenvalue weighted by Gasteiger charge is -2.15. The van der Waals surface area contributed by atoms with Crippen LogP contribution in [-0.2, 0) is 6.42 Å². The molecule has 0 radical (unpaired) electrons. The van der Waals surface area contributed by atoms with Crippen LogP contribution in [0.3, 0.4) is 0 Å². The molecule has 3 aromatic heterocycles. The normalized spacial score (nSPS) is 13.3. The number of aliphatic hydroxyl groups excluding tert-OH is 1. The van der Waals surface area contributed by atoms with Gasteiger partial charge in [-0.3, -0.25) is 9.78 Å². The van der Waals surface area contributed by atoms with Crippen LogP contribution in [0.2, 0.25) is 5.02 Å². The van der Waals surface area contributed by atoms with Gasteiger partial charge in [0, 0.05) is 54.5 Å². The number of hydrogen-bond acceptors (Lipinski definition) is 8. The summed E-state index contributed by atoms with van der Waals surface area (Å²) in [5.74, 6) is 1.64. The predicted octanol–water partition coefficient (Wildman–Crippen LogP) is 5.98. The summed E-state index contributed by atoms with van der Waals surface area (Å²) in [4.78, 5) is 28.8. The van der Waals surface area contributed by atoms with Gasteiger partial charge in [-0.2, -0.15) is 0 Å². The third kappa shape index (κ3) is 7.09. The van der Waals surface area contributed by atoms with Crippen molar-refractivity contribution in [1.82, 2.24) is 29.7 Å². The summed E-state index contributed by atoms with van der Waals surface area (Å²) in [6.07, 6.45) is 9.71. The fraction of sp³-hybridized carbons (Fsp3) is 0.294. The molecular formula is C34H36ClN7O3. The molecule has 1 amide bonds. The van der Waals surface area contributed by atoms with E-state index in [4.69, 9.17) is 16.3 Å². The second kappa shape index (κ2) is 13.6. The van der Waals surface area contributed by atoms with Crippen molar-refractivity contribution in [2.24, 2.45) is 0 Å². The number of fused-ring (bicyclic) bond motifs is 1. The molecule has 45 heavy (non-hydrogen) atoms. The van der Waals surface area contributed by atoms with Crippen LogP contribution in [0.25, 0.3) is 16.6 Å². The third-order valence-electron chi connectivity index (χ3n) is 7.96. The second-order valence-electron chi connectivity index (χ2n) is 11.3. The third-order valence-corrected chi connectivity index (χ3v) is 8.24. The molecule has 0 atom stereocenters. The van der Waals surface area contributed by atoms with E-state index in [1.165, 1.54) is 19.2 Å². The number of nitrogens with zero attached hydrogens (tertiary/aromatic N) is 5. The molecule has 0 bridgehead atoms. The van der Waals surface area contributed by atoms with Crippen LogP contribution < -0.4 is 15.4 Å². The van der Waals surface area contributed by atoms with Gasteiger partial charge in [-0.05, 0) is 99.8 Å². The molecule has 1 aliphatic rings. The summed E-state index contributed by atoms with van der Waals surface area (Å²) < 4.78 is 7.94. The van der Waals surface area contributed by atoms with Crippen LogP contribution in [0, 0.1) is 13.8 Å². The quantitative estimate of drug-likeness (QED) is 0.164. The molecule has 0 saturated carbocycles. The van der Waals surface area contributed by atoms with Crippen LogP contribution in [0.15, 0.2) is 67.4 Å². The van der Waals surface area contributed by atoms with Crippen LogP contribution >= 0.6 is 11.6 Å². The standard InChI is InChI=1S/C34H36ClN7O3/c1-22-15-25(16-30(35)32(22)45-27-7-5-23(2)37-18-27)40-33-28-17-26(6-8-31(28)38-21-39-33)42-19-24(9-14-43)29(20-42)34(44)36-10-13-41-11-3-4-12-41/h5-8,15-21,43H,3-4,9-14H2,1-2H3,(H,36,44)(H,38,39,40). The monoisotopic (exact) mass is 625 g/mol. The van der Waals surface area contributed by atoms with Crippen molar-refractivity contribution < 1.29 is 14.6 Å². The van der Waals surface area contributed by atoms with Gasteiger partial charge in [0.1, 0.15) is 23.6 Å². The number of carbonyl (C=O) groups excluding carboxylic acids is 1. The van der Waals surface area contributed by atoms with E-state index in [-0.39, 0.29) is 12.5 Å². The predicted molar refractivity (Wildman–Crippen MR) is 176 cm³/mol. The maximum atomic E-state index is 13.1. The number of aryl methyl sites for hydroxylation is 2. The smallest absolute Gasteiger partial charge is 0.253 e. The summed E-state index contributed by atoms with van der Waals surface area (Å²) in [7, 11) is 0. The lowest BCUT2D eigenvalue weighted by Crippen LogP contribution is -2.33. The summed E-state index contributed by atoms with van der Waals surface area (Å²) in [5, 5.41) is 17.4. The topological polar surface area (TPSA) is 117 Å². The van der Waals surface area contributed by atoms with Crippen molar-refractivity contribution in [2.45, 2.75) is 33.1 Å². The van der Waals surface area contributed by atoms with Gasteiger partial charge in [0.15, 0.2) is 0 Å². The highest BCUT2D eigenvalue weighted by Gasteiger charge is 2.18.